The molecule has 2 aromatic carbocycles. The average molecular weight is 382 g/mol. The Labute approximate surface area is 163 Å². The van der Waals surface area contributed by atoms with Gasteiger partial charge in [-0.15, -0.1) is 0 Å². The molecule has 0 atom stereocenters. The number of ether oxygens (including phenoxy) is 3. The van der Waals surface area contributed by atoms with Crippen molar-refractivity contribution in [3.63, 3.8) is 0 Å². The van der Waals surface area contributed by atoms with Gasteiger partial charge < -0.3 is 24.8 Å². The number of carbonyl (C=O) groups is 2. The third-order valence-corrected chi connectivity index (χ3v) is 4.89. The Morgan fingerprint density at radius 1 is 1.04 bits per heavy atom. The Morgan fingerprint density at radius 2 is 1.82 bits per heavy atom. The fourth-order valence-electron chi connectivity index (χ4n) is 3.19. The molecule has 0 spiro atoms. The molecule has 2 aromatic rings. The van der Waals surface area contributed by atoms with Crippen LogP contribution in [-0.4, -0.2) is 38.2 Å². The maximum absolute atomic E-state index is 12.6. The fraction of sp³-hybridized carbons (Fsp3) is 0.333. The number of amides is 2. The monoisotopic (exact) mass is 382 g/mol. The lowest BCUT2D eigenvalue weighted by molar-refractivity contribution is -0.118. The molecular formula is C21H22N2O5. The van der Waals surface area contributed by atoms with Gasteiger partial charge in [0, 0.05) is 17.5 Å². The lowest BCUT2D eigenvalue weighted by Crippen LogP contribution is -2.37. The van der Waals surface area contributed by atoms with E-state index in [4.69, 9.17) is 14.2 Å². The summed E-state index contributed by atoms with van der Waals surface area (Å²) < 4.78 is 16.6. The second-order valence-electron chi connectivity index (χ2n) is 7.47. The van der Waals surface area contributed by atoms with E-state index in [0.29, 0.717) is 36.8 Å². The van der Waals surface area contributed by atoms with E-state index in [1.165, 1.54) is 0 Å². The first-order chi connectivity index (χ1) is 13.4. The van der Waals surface area contributed by atoms with Gasteiger partial charge >= 0.3 is 0 Å². The van der Waals surface area contributed by atoms with Crippen molar-refractivity contribution in [3.05, 3.63) is 47.5 Å². The van der Waals surface area contributed by atoms with E-state index < -0.39 is 0 Å². The number of nitrogens with one attached hydrogen (secondary N) is 2. The van der Waals surface area contributed by atoms with Gasteiger partial charge in [0.1, 0.15) is 19.0 Å². The average Bonchev–Trinajstić information content (AvgIpc) is 2.71. The molecule has 0 radical (unpaired) electrons. The van der Waals surface area contributed by atoms with Crippen LogP contribution in [-0.2, 0) is 10.2 Å². The van der Waals surface area contributed by atoms with Crippen LogP contribution in [0.5, 0.6) is 17.2 Å². The minimum atomic E-state index is -0.301. The zero-order valence-electron chi connectivity index (χ0n) is 15.8. The Bertz CT molecular complexity index is 938. The number of rotatable bonds is 4. The van der Waals surface area contributed by atoms with E-state index in [0.717, 1.165) is 17.1 Å². The molecule has 0 saturated heterocycles. The summed E-state index contributed by atoms with van der Waals surface area (Å²) >= 11 is 0. The molecule has 2 aliphatic heterocycles. The number of benzene rings is 2. The summed E-state index contributed by atoms with van der Waals surface area (Å²) in [5, 5.41) is 5.69. The van der Waals surface area contributed by atoms with E-state index in [9.17, 15) is 9.59 Å². The van der Waals surface area contributed by atoms with Crippen molar-refractivity contribution < 1.29 is 23.8 Å². The van der Waals surface area contributed by atoms with E-state index in [-0.39, 0.29) is 23.8 Å². The van der Waals surface area contributed by atoms with Crippen molar-refractivity contribution in [1.29, 1.82) is 0 Å². The van der Waals surface area contributed by atoms with Crippen LogP contribution < -0.4 is 24.8 Å². The molecule has 2 heterocycles. The van der Waals surface area contributed by atoms with Gasteiger partial charge in [-0.05, 0) is 35.9 Å². The van der Waals surface area contributed by atoms with Gasteiger partial charge in [-0.1, -0.05) is 19.9 Å². The molecule has 4 rings (SSSR count). The summed E-state index contributed by atoms with van der Waals surface area (Å²) in [6, 6.07) is 10.8. The van der Waals surface area contributed by atoms with Crippen LogP contribution in [0.2, 0.25) is 0 Å². The third kappa shape index (κ3) is 3.60. The summed E-state index contributed by atoms with van der Waals surface area (Å²) in [7, 11) is 0. The lowest BCUT2D eigenvalue weighted by atomic mass is 9.84. The van der Waals surface area contributed by atoms with Crippen molar-refractivity contribution in [2.45, 2.75) is 19.3 Å². The first kappa shape index (κ1) is 18.2. The number of anilines is 1. The Hall–Kier alpha value is -3.22. The van der Waals surface area contributed by atoms with Gasteiger partial charge in [-0.3, -0.25) is 9.59 Å². The van der Waals surface area contributed by atoms with E-state index in [2.05, 4.69) is 24.5 Å². The zero-order chi connectivity index (χ0) is 19.7. The summed E-state index contributed by atoms with van der Waals surface area (Å²) in [5.41, 5.74) is 1.80. The molecule has 2 aliphatic rings. The quantitative estimate of drug-likeness (QED) is 0.849. The van der Waals surface area contributed by atoms with Gasteiger partial charge in [-0.2, -0.15) is 0 Å². The van der Waals surface area contributed by atoms with Gasteiger partial charge in [-0.25, -0.2) is 0 Å². The maximum Gasteiger partial charge on any atom is 0.262 e. The zero-order valence-corrected chi connectivity index (χ0v) is 15.8. The predicted molar refractivity (Wildman–Crippen MR) is 103 cm³/mol. The van der Waals surface area contributed by atoms with Crippen molar-refractivity contribution >= 4 is 17.5 Å². The largest absolute Gasteiger partial charge is 0.486 e. The summed E-state index contributed by atoms with van der Waals surface area (Å²) in [4.78, 5) is 24.0. The molecule has 7 heteroatoms. The topological polar surface area (TPSA) is 85.9 Å². The molecule has 0 aliphatic carbocycles. The lowest BCUT2D eigenvalue weighted by Gasteiger charge is -2.28. The van der Waals surface area contributed by atoms with Crippen LogP contribution in [0.25, 0.3) is 0 Å². The van der Waals surface area contributed by atoms with Crippen LogP contribution in [0.1, 0.15) is 29.8 Å². The highest BCUT2D eigenvalue weighted by atomic mass is 16.6. The first-order valence-electron chi connectivity index (χ1n) is 9.17. The van der Waals surface area contributed by atoms with E-state index in [1.807, 2.05) is 18.2 Å². The molecule has 146 valence electrons. The summed E-state index contributed by atoms with van der Waals surface area (Å²) in [6.45, 7) is 5.61. The highest BCUT2D eigenvalue weighted by molar-refractivity contribution is 5.99. The molecule has 0 unspecified atom stereocenters. The van der Waals surface area contributed by atoms with Crippen molar-refractivity contribution in [3.8, 4) is 17.2 Å². The Balaban J connectivity index is 1.44. The van der Waals surface area contributed by atoms with Crippen LogP contribution in [0, 0.1) is 0 Å². The number of carbonyl (C=O) groups excluding carboxylic acids is 2. The van der Waals surface area contributed by atoms with E-state index >= 15 is 0 Å². The van der Waals surface area contributed by atoms with E-state index in [1.54, 1.807) is 18.2 Å². The number of hydrogen-bond donors (Lipinski definition) is 2. The SMILES string of the molecule is CC(C)(CNC(=O)c1ccc2c(c1)OCC(=O)N2)c1ccc2c(c1)OCCO2. The normalized spacial score (nSPS) is 15.1. The molecule has 0 bridgehead atoms. The maximum atomic E-state index is 12.6. The minimum Gasteiger partial charge on any atom is -0.486 e. The van der Waals surface area contributed by atoms with Crippen LogP contribution in [0.3, 0.4) is 0 Å². The molecule has 28 heavy (non-hydrogen) atoms. The molecule has 2 N–H and O–H groups in total. The highest BCUT2D eigenvalue weighted by Gasteiger charge is 2.25. The molecule has 0 saturated carbocycles. The van der Waals surface area contributed by atoms with Gasteiger partial charge in [0.05, 0.1) is 5.69 Å². The number of fused-ring (bicyclic) bond motifs is 2. The first-order valence-corrected chi connectivity index (χ1v) is 9.17. The highest BCUT2D eigenvalue weighted by Crippen LogP contribution is 2.35. The Morgan fingerprint density at radius 3 is 2.64 bits per heavy atom. The molecule has 2 amide bonds. The molecule has 0 aromatic heterocycles. The minimum absolute atomic E-state index is 0.0464. The third-order valence-electron chi connectivity index (χ3n) is 4.89. The fourth-order valence-corrected chi connectivity index (χ4v) is 3.19. The second kappa shape index (κ2) is 7.07. The van der Waals surface area contributed by atoms with Gasteiger partial charge in [0.2, 0.25) is 0 Å². The molecule has 0 fully saturated rings. The second-order valence-corrected chi connectivity index (χ2v) is 7.47. The van der Waals surface area contributed by atoms with Crippen molar-refractivity contribution in [2.75, 3.05) is 31.7 Å². The predicted octanol–water partition coefficient (Wildman–Crippen LogP) is 2.50. The standard InChI is InChI=1S/C21H22N2O5/c1-21(2,14-4-6-16-18(10-14)27-8-7-26-16)12-22-20(25)13-3-5-15-17(9-13)28-11-19(24)23-15/h3-6,9-10H,7-8,11-12H2,1-2H3,(H,22,25)(H,23,24). The number of hydrogen-bond acceptors (Lipinski definition) is 5. The van der Waals surface area contributed by atoms with Gasteiger partial charge in [0.15, 0.2) is 18.1 Å². The van der Waals surface area contributed by atoms with Crippen molar-refractivity contribution in [2.24, 2.45) is 0 Å². The Kier molecular flexibility index (Phi) is 4.58. The van der Waals surface area contributed by atoms with Crippen LogP contribution in [0.4, 0.5) is 5.69 Å². The summed E-state index contributed by atoms with van der Waals surface area (Å²) in [6.07, 6.45) is 0. The van der Waals surface area contributed by atoms with Crippen LogP contribution in [0.15, 0.2) is 36.4 Å². The van der Waals surface area contributed by atoms with Crippen LogP contribution >= 0.6 is 0 Å². The summed E-state index contributed by atoms with van der Waals surface area (Å²) in [5.74, 6) is 1.58. The van der Waals surface area contributed by atoms with Gasteiger partial charge in [0.25, 0.3) is 11.8 Å². The van der Waals surface area contributed by atoms with Crippen molar-refractivity contribution in [1.82, 2.24) is 5.32 Å². The molecular weight excluding hydrogens is 360 g/mol. The smallest absolute Gasteiger partial charge is 0.262 e. The molecule has 7 nitrogen and oxygen atoms in total.